The SMILES string of the molecule is O=C(O)c1ccc(COc2ccc(C=C3SC(=NC4CCCCC4)N(C4CCCCC4)C3=O)cc2Br)cc1. The summed E-state index contributed by atoms with van der Waals surface area (Å²) in [5.74, 6) is -0.181. The van der Waals surface area contributed by atoms with Crippen LogP contribution in [0.4, 0.5) is 0 Å². The number of carbonyl (C=O) groups excluding carboxylic acids is 1. The Morgan fingerprint density at radius 1 is 1.03 bits per heavy atom. The molecule has 38 heavy (non-hydrogen) atoms. The number of thioether (sulfide) groups is 1. The summed E-state index contributed by atoms with van der Waals surface area (Å²) in [5, 5.41) is 9.96. The lowest BCUT2D eigenvalue weighted by Crippen LogP contribution is -2.41. The number of nitrogens with zero attached hydrogens (tertiary/aromatic N) is 2. The van der Waals surface area contributed by atoms with Crippen LogP contribution >= 0.6 is 27.7 Å². The molecule has 3 aliphatic rings. The van der Waals surface area contributed by atoms with Gasteiger partial charge >= 0.3 is 5.97 Å². The van der Waals surface area contributed by atoms with Gasteiger partial charge in [-0.15, -0.1) is 0 Å². The normalized spacial score (nSPS) is 21.4. The van der Waals surface area contributed by atoms with Crippen LogP contribution in [0.25, 0.3) is 6.08 Å². The number of carboxylic acids is 1. The van der Waals surface area contributed by atoms with Crippen molar-refractivity contribution in [2.75, 3.05) is 0 Å². The maximum Gasteiger partial charge on any atom is 0.335 e. The van der Waals surface area contributed by atoms with Gasteiger partial charge in [-0.05, 0) is 94.8 Å². The van der Waals surface area contributed by atoms with Crippen molar-refractivity contribution in [1.29, 1.82) is 0 Å². The third kappa shape index (κ3) is 6.52. The van der Waals surface area contributed by atoms with Gasteiger partial charge in [-0.25, -0.2) is 4.79 Å². The fourth-order valence-corrected chi connectivity index (χ4v) is 7.00. The summed E-state index contributed by atoms with van der Waals surface area (Å²) in [5.41, 5.74) is 2.06. The molecular weight excluding hydrogens is 564 g/mol. The van der Waals surface area contributed by atoms with Crippen LogP contribution in [0.15, 0.2) is 56.8 Å². The Labute approximate surface area is 236 Å². The Bertz CT molecular complexity index is 1230. The molecule has 5 rings (SSSR count). The quantitative estimate of drug-likeness (QED) is 0.332. The Hall–Kier alpha value is -2.58. The molecule has 6 nitrogen and oxygen atoms in total. The van der Waals surface area contributed by atoms with Crippen LogP contribution in [0.5, 0.6) is 5.75 Å². The zero-order valence-corrected chi connectivity index (χ0v) is 23.8. The van der Waals surface area contributed by atoms with Gasteiger partial charge in [-0.1, -0.05) is 56.7 Å². The number of benzene rings is 2. The van der Waals surface area contributed by atoms with E-state index in [1.54, 1.807) is 24.3 Å². The van der Waals surface area contributed by atoms with Gasteiger partial charge < -0.3 is 9.84 Å². The molecule has 0 atom stereocenters. The Morgan fingerprint density at radius 2 is 1.71 bits per heavy atom. The molecule has 1 aliphatic heterocycles. The molecule has 0 radical (unpaired) electrons. The lowest BCUT2D eigenvalue weighted by molar-refractivity contribution is -0.124. The van der Waals surface area contributed by atoms with Gasteiger partial charge in [0.1, 0.15) is 12.4 Å². The number of hydrogen-bond donors (Lipinski definition) is 1. The number of aromatic carboxylic acids is 1. The molecule has 0 aromatic heterocycles. The Balaban J connectivity index is 1.31. The highest BCUT2D eigenvalue weighted by atomic mass is 79.9. The van der Waals surface area contributed by atoms with Gasteiger partial charge in [-0.3, -0.25) is 14.7 Å². The largest absolute Gasteiger partial charge is 0.488 e. The first-order chi connectivity index (χ1) is 18.5. The van der Waals surface area contributed by atoms with Crippen LogP contribution < -0.4 is 4.74 Å². The number of carboxylic acid groups (broad SMARTS) is 1. The highest BCUT2D eigenvalue weighted by Gasteiger charge is 2.39. The summed E-state index contributed by atoms with van der Waals surface area (Å²) in [4.78, 5) is 32.5. The fraction of sp³-hybridized carbons (Fsp3) is 0.433. The lowest BCUT2D eigenvalue weighted by Gasteiger charge is -2.31. The zero-order valence-electron chi connectivity index (χ0n) is 21.4. The van der Waals surface area contributed by atoms with Crippen LogP contribution in [0.1, 0.15) is 85.7 Å². The van der Waals surface area contributed by atoms with Crippen LogP contribution in [-0.4, -0.2) is 39.1 Å². The number of rotatable bonds is 7. The summed E-state index contributed by atoms with van der Waals surface area (Å²) >= 11 is 5.14. The number of amides is 1. The van der Waals surface area contributed by atoms with E-state index in [2.05, 4.69) is 15.9 Å². The van der Waals surface area contributed by atoms with Gasteiger partial charge in [0, 0.05) is 6.04 Å². The summed E-state index contributed by atoms with van der Waals surface area (Å²) in [6.45, 7) is 0.324. The lowest BCUT2D eigenvalue weighted by atomic mass is 9.94. The molecule has 1 N–H and O–H groups in total. The van der Waals surface area contributed by atoms with Crippen molar-refractivity contribution in [2.45, 2.75) is 82.9 Å². The second-order valence-electron chi connectivity index (χ2n) is 10.3. The van der Waals surface area contributed by atoms with Gasteiger partial charge in [0.2, 0.25) is 0 Å². The van der Waals surface area contributed by atoms with E-state index in [1.807, 2.05) is 29.2 Å². The van der Waals surface area contributed by atoms with E-state index in [4.69, 9.17) is 14.8 Å². The van der Waals surface area contributed by atoms with Crippen molar-refractivity contribution in [1.82, 2.24) is 4.90 Å². The third-order valence-corrected chi connectivity index (χ3v) is 9.11. The number of ether oxygens (including phenoxy) is 1. The number of carbonyl (C=O) groups is 2. The van der Waals surface area contributed by atoms with Crippen molar-refractivity contribution in [3.05, 3.63) is 68.5 Å². The van der Waals surface area contributed by atoms with Crippen molar-refractivity contribution in [3.63, 3.8) is 0 Å². The number of hydrogen-bond acceptors (Lipinski definition) is 5. The van der Waals surface area contributed by atoms with Gasteiger partial charge in [0.05, 0.1) is 21.0 Å². The van der Waals surface area contributed by atoms with E-state index in [0.29, 0.717) is 18.4 Å². The third-order valence-electron chi connectivity index (χ3n) is 7.49. The number of amidine groups is 1. The average Bonchev–Trinajstić information content (AvgIpc) is 3.23. The molecule has 1 saturated heterocycles. The molecule has 200 valence electrons. The second-order valence-corrected chi connectivity index (χ2v) is 12.1. The number of aliphatic imine (C=N–C) groups is 1. The van der Waals surface area contributed by atoms with Gasteiger partial charge in [-0.2, -0.15) is 0 Å². The topological polar surface area (TPSA) is 79.2 Å². The van der Waals surface area contributed by atoms with Crippen molar-refractivity contribution < 1.29 is 19.4 Å². The first-order valence-electron chi connectivity index (χ1n) is 13.5. The summed E-state index contributed by atoms with van der Waals surface area (Å²) < 4.78 is 6.75. The van der Waals surface area contributed by atoms with Crippen LogP contribution in [0.3, 0.4) is 0 Å². The highest BCUT2D eigenvalue weighted by Crippen LogP contribution is 2.39. The minimum Gasteiger partial charge on any atom is -0.488 e. The molecule has 0 bridgehead atoms. The molecule has 1 heterocycles. The smallest absolute Gasteiger partial charge is 0.335 e. The molecule has 2 aromatic carbocycles. The minimum atomic E-state index is -0.946. The molecule has 0 spiro atoms. The van der Waals surface area contributed by atoms with Crippen molar-refractivity contribution >= 4 is 50.8 Å². The molecule has 1 amide bonds. The molecule has 2 aliphatic carbocycles. The van der Waals surface area contributed by atoms with Crippen LogP contribution in [0.2, 0.25) is 0 Å². The average molecular weight is 598 g/mol. The van der Waals surface area contributed by atoms with Gasteiger partial charge in [0.15, 0.2) is 5.17 Å². The van der Waals surface area contributed by atoms with Crippen molar-refractivity contribution in [2.24, 2.45) is 4.99 Å². The first kappa shape index (κ1) is 27.0. The Kier molecular flexibility index (Phi) is 8.89. The molecule has 0 unspecified atom stereocenters. The van der Waals surface area contributed by atoms with E-state index in [-0.39, 0.29) is 17.5 Å². The molecule has 2 saturated carbocycles. The first-order valence-corrected chi connectivity index (χ1v) is 15.1. The van der Waals surface area contributed by atoms with E-state index in [9.17, 15) is 9.59 Å². The van der Waals surface area contributed by atoms with Crippen LogP contribution in [0, 0.1) is 0 Å². The Morgan fingerprint density at radius 3 is 2.37 bits per heavy atom. The van der Waals surface area contributed by atoms with Crippen molar-refractivity contribution in [3.8, 4) is 5.75 Å². The molecule has 2 aromatic rings. The van der Waals surface area contributed by atoms with E-state index in [1.165, 1.54) is 50.3 Å². The standard InChI is InChI=1S/C30H33BrN2O4S/c31-25-17-21(13-16-26(25)37-19-20-11-14-22(15-12-20)29(35)36)18-27-28(34)33(24-9-5-2-6-10-24)30(38-27)32-23-7-3-1-4-8-23/h11-18,23-24H,1-10,19H2,(H,35,36). The van der Waals surface area contributed by atoms with E-state index >= 15 is 0 Å². The fourth-order valence-electron chi connectivity index (χ4n) is 5.38. The predicted octanol–water partition coefficient (Wildman–Crippen LogP) is 7.66. The predicted molar refractivity (Wildman–Crippen MR) is 155 cm³/mol. The summed E-state index contributed by atoms with van der Waals surface area (Å²) in [6.07, 6.45) is 13.6. The summed E-state index contributed by atoms with van der Waals surface area (Å²) in [6, 6.07) is 13.0. The zero-order chi connectivity index (χ0) is 26.5. The molecular formula is C30H33BrN2O4S. The maximum absolute atomic E-state index is 13.6. The summed E-state index contributed by atoms with van der Waals surface area (Å²) in [7, 11) is 0. The van der Waals surface area contributed by atoms with E-state index < -0.39 is 5.97 Å². The maximum atomic E-state index is 13.6. The molecule has 3 fully saturated rings. The second kappa shape index (κ2) is 12.5. The molecule has 8 heteroatoms. The van der Waals surface area contributed by atoms with Gasteiger partial charge in [0.25, 0.3) is 5.91 Å². The van der Waals surface area contributed by atoms with Crippen LogP contribution in [-0.2, 0) is 11.4 Å². The monoisotopic (exact) mass is 596 g/mol. The van der Waals surface area contributed by atoms with E-state index in [0.717, 1.165) is 51.4 Å². The highest BCUT2D eigenvalue weighted by molar-refractivity contribution is 9.10. The minimum absolute atomic E-state index is 0.0812. The number of halogens is 1.